The van der Waals surface area contributed by atoms with Gasteiger partial charge >= 0.3 is 0 Å². The molecule has 0 aliphatic heterocycles. The summed E-state index contributed by atoms with van der Waals surface area (Å²) in [5.41, 5.74) is 10.9. The molecule has 1 heteroatoms. The van der Waals surface area contributed by atoms with E-state index in [1.807, 2.05) is 0 Å². The van der Waals surface area contributed by atoms with Gasteiger partial charge in [-0.2, -0.15) is 0 Å². The van der Waals surface area contributed by atoms with Crippen molar-refractivity contribution >= 4 is 43.4 Å². The minimum atomic E-state index is 1.15. The topological polar surface area (TPSA) is 4.93 Å². The number of para-hydroxylation sites is 1. The lowest BCUT2D eigenvalue weighted by Gasteiger charge is -2.16. The summed E-state index contributed by atoms with van der Waals surface area (Å²) in [4.78, 5) is 0. The summed E-state index contributed by atoms with van der Waals surface area (Å²) >= 11 is 0. The zero-order chi connectivity index (χ0) is 29.7. The number of benzene rings is 8. The molecule has 0 unspecified atom stereocenters. The van der Waals surface area contributed by atoms with Crippen LogP contribution in [-0.4, -0.2) is 4.57 Å². The van der Waals surface area contributed by atoms with Crippen molar-refractivity contribution in [2.24, 2.45) is 0 Å². The van der Waals surface area contributed by atoms with Gasteiger partial charge in [-0.25, -0.2) is 0 Å². The molecule has 0 spiro atoms. The first-order chi connectivity index (χ1) is 22.3. The van der Waals surface area contributed by atoms with E-state index in [2.05, 4.69) is 180 Å². The van der Waals surface area contributed by atoms with Crippen LogP contribution in [-0.2, 0) is 0 Å². The Bertz CT molecular complexity index is 2530. The van der Waals surface area contributed by atoms with E-state index >= 15 is 0 Å². The van der Waals surface area contributed by atoms with Crippen molar-refractivity contribution < 1.29 is 0 Å². The van der Waals surface area contributed by atoms with Crippen molar-refractivity contribution in [3.63, 3.8) is 0 Å². The van der Waals surface area contributed by atoms with Crippen molar-refractivity contribution in [3.8, 4) is 39.1 Å². The SMILES string of the molecule is c1ccc(-c2cccc(-c3cc(-c4cccc5ccccc45)cc(-n4c5ccccc5c5c6ccccc6ccc54)c3)c2)cc1. The van der Waals surface area contributed by atoms with Gasteiger partial charge in [-0.3, -0.25) is 0 Å². The molecule has 8 aromatic carbocycles. The second-order valence-corrected chi connectivity index (χ2v) is 11.8. The summed E-state index contributed by atoms with van der Waals surface area (Å²) in [6.07, 6.45) is 0. The third-order valence-corrected chi connectivity index (χ3v) is 9.14. The fourth-order valence-corrected chi connectivity index (χ4v) is 7.07. The van der Waals surface area contributed by atoms with E-state index in [1.54, 1.807) is 0 Å². The highest BCUT2D eigenvalue weighted by molar-refractivity contribution is 6.21. The molecular weight excluding hydrogens is 542 g/mol. The molecule has 1 aromatic heterocycles. The minimum Gasteiger partial charge on any atom is -0.309 e. The first-order valence-corrected chi connectivity index (χ1v) is 15.5. The maximum Gasteiger partial charge on any atom is 0.0547 e. The Labute approximate surface area is 262 Å². The number of rotatable bonds is 4. The first kappa shape index (κ1) is 25.6. The zero-order valence-corrected chi connectivity index (χ0v) is 24.7. The third kappa shape index (κ3) is 4.24. The lowest BCUT2D eigenvalue weighted by Crippen LogP contribution is -1.96. The summed E-state index contributed by atoms with van der Waals surface area (Å²) in [5, 5.41) is 7.62. The van der Waals surface area contributed by atoms with Crippen LogP contribution in [0.1, 0.15) is 0 Å². The predicted molar refractivity (Wildman–Crippen MR) is 192 cm³/mol. The van der Waals surface area contributed by atoms with Crippen LogP contribution in [0.2, 0.25) is 0 Å². The summed E-state index contributed by atoms with van der Waals surface area (Å²) in [6.45, 7) is 0. The van der Waals surface area contributed by atoms with Gasteiger partial charge in [0.15, 0.2) is 0 Å². The van der Waals surface area contributed by atoms with Crippen LogP contribution < -0.4 is 0 Å². The number of aromatic nitrogens is 1. The largest absolute Gasteiger partial charge is 0.309 e. The quantitative estimate of drug-likeness (QED) is 0.198. The first-order valence-electron chi connectivity index (χ1n) is 15.5. The molecule has 0 aliphatic rings. The molecule has 0 fully saturated rings. The molecule has 0 saturated carbocycles. The van der Waals surface area contributed by atoms with Gasteiger partial charge in [0.25, 0.3) is 0 Å². The summed E-state index contributed by atoms with van der Waals surface area (Å²) < 4.78 is 2.45. The molecule has 0 bridgehead atoms. The van der Waals surface area contributed by atoms with E-state index in [0.29, 0.717) is 0 Å². The number of hydrogen-bond donors (Lipinski definition) is 0. The lowest BCUT2D eigenvalue weighted by molar-refractivity contribution is 1.18. The Morgan fingerprint density at radius 3 is 1.73 bits per heavy atom. The Balaban J connectivity index is 1.36. The van der Waals surface area contributed by atoms with Gasteiger partial charge in [-0.1, -0.05) is 140 Å². The monoisotopic (exact) mass is 571 g/mol. The van der Waals surface area contributed by atoms with E-state index in [1.165, 1.54) is 76.7 Å². The van der Waals surface area contributed by atoms with Crippen LogP contribution in [0.3, 0.4) is 0 Å². The second kappa shape index (κ2) is 10.4. The van der Waals surface area contributed by atoms with E-state index in [4.69, 9.17) is 0 Å². The van der Waals surface area contributed by atoms with Gasteiger partial charge in [0.1, 0.15) is 0 Å². The molecule has 0 radical (unpaired) electrons. The predicted octanol–water partition coefficient (Wildman–Crippen LogP) is 12.1. The van der Waals surface area contributed by atoms with E-state index in [0.717, 1.165) is 5.69 Å². The molecule has 45 heavy (non-hydrogen) atoms. The Hall–Kier alpha value is -5.92. The van der Waals surface area contributed by atoms with Gasteiger partial charge in [0, 0.05) is 16.5 Å². The smallest absolute Gasteiger partial charge is 0.0547 e. The zero-order valence-electron chi connectivity index (χ0n) is 24.7. The van der Waals surface area contributed by atoms with Gasteiger partial charge in [0.2, 0.25) is 0 Å². The third-order valence-electron chi connectivity index (χ3n) is 9.14. The molecule has 1 nitrogen and oxygen atoms in total. The summed E-state index contributed by atoms with van der Waals surface area (Å²) in [5.74, 6) is 0. The molecular formula is C44H29N. The molecule has 1 heterocycles. The molecule has 9 aromatic rings. The minimum absolute atomic E-state index is 1.15. The maximum atomic E-state index is 2.45. The van der Waals surface area contributed by atoms with Crippen LogP contribution in [0.5, 0.6) is 0 Å². The van der Waals surface area contributed by atoms with Crippen LogP contribution in [0.4, 0.5) is 0 Å². The van der Waals surface area contributed by atoms with Crippen LogP contribution in [0.25, 0.3) is 82.4 Å². The highest BCUT2D eigenvalue weighted by Gasteiger charge is 2.17. The van der Waals surface area contributed by atoms with E-state index < -0.39 is 0 Å². The highest BCUT2D eigenvalue weighted by atomic mass is 15.0. The van der Waals surface area contributed by atoms with Gasteiger partial charge in [0.05, 0.1) is 11.0 Å². The second-order valence-electron chi connectivity index (χ2n) is 11.8. The van der Waals surface area contributed by atoms with Crippen molar-refractivity contribution in [3.05, 3.63) is 176 Å². The van der Waals surface area contributed by atoms with Crippen LogP contribution in [0, 0.1) is 0 Å². The molecule has 0 aliphatic carbocycles. The number of nitrogens with zero attached hydrogens (tertiary/aromatic N) is 1. The molecule has 0 atom stereocenters. The highest BCUT2D eigenvalue weighted by Crippen LogP contribution is 2.40. The Kier molecular flexibility index (Phi) is 5.89. The van der Waals surface area contributed by atoms with Crippen molar-refractivity contribution in [1.29, 1.82) is 0 Å². The molecule has 0 N–H and O–H groups in total. The summed E-state index contributed by atoms with van der Waals surface area (Å²) in [7, 11) is 0. The van der Waals surface area contributed by atoms with Crippen molar-refractivity contribution in [1.82, 2.24) is 4.57 Å². The number of hydrogen-bond acceptors (Lipinski definition) is 0. The van der Waals surface area contributed by atoms with E-state index in [9.17, 15) is 0 Å². The average molecular weight is 572 g/mol. The summed E-state index contributed by atoms with van der Waals surface area (Å²) in [6, 6.07) is 64.1. The van der Waals surface area contributed by atoms with Crippen molar-refractivity contribution in [2.45, 2.75) is 0 Å². The fraction of sp³-hybridized carbons (Fsp3) is 0. The lowest BCUT2D eigenvalue weighted by atomic mass is 9.93. The van der Waals surface area contributed by atoms with Crippen molar-refractivity contribution in [2.75, 3.05) is 0 Å². The average Bonchev–Trinajstić information content (AvgIpc) is 3.46. The standard InChI is InChI=1S/C44H29N/c1-2-12-30(13-3-1)33-17-10-18-34(26-33)35-27-36(39-22-11-16-31-14-4-6-19-38(31)39)29-37(28-35)45-42-23-9-8-21-41(42)44-40-20-7-5-15-32(40)24-25-43(44)45/h1-29H. The van der Waals surface area contributed by atoms with Gasteiger partial charge < -0.3 is 4.57 Å². The van der Waals surface area contributed by atoms with Gasteiger partial charge in [-0.05, 0) is 91.3 Å². The Morgan fingerprint density at radius 2 is 0.889 bits per heavy atom. The molecule has 9 rings (SSSR count). The van der Waals surface area contributed by atoms with Crippen LogP contribution in [0.15, 0.2) is 176 Å². The van der Waals surface area contributed by atoms with Crippen LogP contribution >= 0.6 is 0 Å². The number of fused-ring (bicyclic) bond motifs is 6. The van der Waals surface area contributed by atoms with E-state index in [-0.39, 0.29) is 0 Å². The Morgan fingerprint density at radius 1 is 0.311 bits per heavy atom. The maximum absolute atomic E-state index is 2.45. The molecule has 0 saturated heterocycles. The molecule has 0 amide bonds. The fourth-order valence-electron chi connectivity index (χ4n) is 7.07. The van der Waals surface area contributed by atoms with Gasteiger partial charge in [-0.15, -0.1) is 0 Å². The normalized spacial score (nSPS) is 11.6. The molecule has 210 valence electrons.